The maximum Gasteiger partial charge on any atom is 0.320 e. The zero-order chi connectivity index (χ0) is 20.5. The molecule has 0 heterocycles. The lowest BCUT2D eigenvalue weighted by Gasteiger charge is -2.17. The van der Waals surface area contributed by atoms with Gasteiger partial charge in [-0.2, -0.15) is 0 Å². The quantitative estimate of drug-likeness (QED) is 0.375. The molecule has 6 heteroatoms. The number of ketones is 1. The van der Waals surface area contributed by atoms with E-state index < -0.39 is 17.9 Å². The maximum atomic E-state index is 12.9. The summed E-state index contributed by atoms with van der Waals surface area (Å²) in [6.45, 7) is 3.64. The number of methoxy groups -OCH3 is 1. The molecule has 2 rings (SSSR count). The van der Waals surface area contributed by atoms with Gasteiger partial charge < -0.3 is 14.2 Å². The van der Waals surface area contributed by atoms with Crippen LogP contribution in [-0.4, -0.2) is 38.0 Å². The smallest absolute Gasteiger partial charge is 0.320 e. The highest BCUT2D eigenvalue weighted by atomic mass is 16.6. The molecule has 0 atom stereocenters. The maximum absolute atomic E-state index is 12.9. The van der Waals surface area contributed by atoms with Crippen molar-refractivity contribution in [3.05, 3.63) is 65.2 Å². The van der Waals surface area contributed by atoms with E-state index in [9.17, 15) is 14.4 Å². The Morgan fingerprint density at radius 2 is 1.46 bits per heavy atom. The van der Waals surface area contributed by atoms with Gasteiger partial charge in [0.05, 0.1) is 25.9 Å². The lowest BCUT2D eigenvalue weighted by atomic mass is 9.94. The Bertz CT molecular complexity index is 810. The number of benzene rings is 2. The third kappa shape index (κ3) is 4.97. The molecule has 0 aromatic heterocycles. The molecule has 2 aromatic rings. The second kappa shape index (κ2) is 10.3. The summed E-state index contributed by atoms with van der Waals surface area (Å²) >= 11 is 0. The molecule has 0 bridgehead atoms. The largest absolute Gasteiger partial charge is 0.496 e. The number of esters is 2. The topological polar surface area (TPSA) is 78.9 Å². The summed E-state index contributed by atoms with van der Waals surface area (Å²) < 4.78 is 15.5. The molecule has 0 aliphatic heterocycles. The average molecular weight is 384 g/mol. The molecule has 0 unspecified atom stereocenters. The van der Waals surface area contributed by atoms with Gasteiger partial charge in [-0.1, -0.05) is 42.5 Å². The number of para-hydroxylation sites is 1. The van der Waals surface area contributed by atoms with Gasteiger partial charge in [0.1, 0.15) is 5.75 Å². The Balaban J connectivity index is 2.40. The average Bonchev–Trinajstić information content (AvgIpc) is 2.72. The zero-order valence-corrected chi connectivity index (χ0v) is 16.3. The van der Waals surface area contributed by atoms with E-state index in [4.69, 9.17) is 14.2 Å². The van der Waals surface area contributed by atoms with E-state index in [1.54, 1.807) is 56.3 Å². The van der Waals surface area contributed by atoms with E-state index in [-0.39, 0.29) is 25.4 Å². The predicted octanol–water partition coefficient (Wildman–Crippen LogP) is 3.21. The van der Waals surface area contributed by atoms with Crippen LogP contribution in [0.5, 0.6) is 5.75 Å². The van der Waals surface area contributed by atoms with Crippen LogP contribution in [0.4, 0.5) is 0 Å². The standard InChI is InChI=1S/C22H24O6/c1-4-27-21(24)18(22(25)28-5-2)14-16-12-9-13-17(20(16)26-3)19(23)15-10-7-6-8-11-15/h6-13,18H,4-5,14H2,1-3H3. The van der Waals surface area contributed by atoms with Crippen molar-refractivity contribution in [2.75, 3.05) is 20.3 Å². The Labute approximate surface area is 164 Å². The first-order valence-corrected chi connectivity index (χ1v) is 9.12. The molecular formula is C22H24O6. The number of carbonyl (C=O) groups excluding carboxylic acids is 3. The van der Waals surface area contributed by atoms with Gasteiger partial charge in [0.15, 0.2) is 11.7 Å². The highest BCUT2D eigenvalue weighted by molar-refractivity contribution is 6.11. The van der Waals surface area contributed by atoms with Crippen LogP contribution in [0.25, 0.3) is 0 Å². The van der Waals surface area contributed by atoms with Crippen molar-refractivity contribution >= 4 is 17.7 Å². The minimum Gasteiger partial charge on any atom is -0.496 e. The number of carbonyl (C=O) groups is 3. The zero-order valence-electron chi connectivity index (χ0n) is 16.3. The third-order valence-electron chi connectivity index (χ3n) is 4.15. The Hall–Kier alpha value is -3.15. The summed E-state index contributed by atoms with van der Waals surface area (Å²) in [6.07, 6.45) is 0.0107. The molecule has 0 saturated carbocycles. The first-order chi connectivity index (χ1) is 13.5. The van der Waals surface area contributed by atoms with Crippen LogP contribution >= 0.6 is 0 Å². The van der Waals surface area contributed by atoms with E-state index in [0.29, 0.717) is 22.4 Å². The monoisotopic (exact) mass is 384 g/mol. The van der Waals surface area contributed by atoms with Crippen LogP contribution in [0.3, 0.4) is 0 Å². The molecule has 0 radical (unpaired) electrons. The molecular weight excluding hydrogens is 360 g/mol. The van der Waals surface area contributed by atoms with Gasteiger partial charge in [-0.05, 0) is 31.9 Å². The highest BCUT2D eigenvalue weighted by Gasteiger charge is 2.31. The van der Waals surface area contributed by atoms with Crippen molar-refractivity contribution in [3.8, 4) is 5.75 Å². The number of ether oxygens (including phenoxy) is 3. The SMILES string of the molecule is CCOC(=O)C(Cc1cccc(C(=O)c2ccccc2)c1OC)C(=O)OCC. The van der Waals surface area contributed by atoms with Crippen molar-refractivity contribution in [3.63, 3.8) is 0 Å². The third-order valence-corrected chi connectivity index (χ3v) is 4.15. The predicted molar refractivity (Wildman–Crippen MR) is 103 cm³/mol. The second-order valence-electron chi connectivity index (χ2n) is 5.95. The van der Waals surface area contributed by atoms with Crippen molar-refractivity contribution in [2.45, 2.75) is 20.3 Å². The van der Waals surface area contributed by atoms with Gasteiger partial charge in [-0.3, -0.25) is 14.4 Å². The van der Waals surface area contributed by atoms with Crippen LogP contribution in [0, 0.1) is 5.92 Å². The normalized spacial score (nSPS) is 10.4. The van der Waals surface area contributed by atoms with Crippen LogP contribution < -0.4 is 4.74 Å². The lowest BCUT2D eigenvalue weighted by molar-refractivity contribution is -0.161. The van der Waals surface area contributed by atoms with E-state index in [2.05, 4.69) is 0 Å². The molecule has 6 nitrogen and oxygen atoms in total. The fourth-order valence-corrected chi connectivity index (χ4v) is 2.88. The highest BCUT2D eigenvalue weighted by Crippen LogP contribution is 2.29. The molecule has 0 spiro atoms. The van der Waals surface area contributed by atoms with Crippen LogP contribution in [-0.2, 0) is 25.5 Å². The van der Waals surface area contributed by atoms with Crippen molar-refractivity contribution in [1.29, 1.82) is 0 Å². The Morgan fingerprint density at radius 3 is 2.00 bits per heavy atom. The molecule has 28 heavy (non-hydrogen) atoms. The molecule has 0 amide bonds. The first kappa shape index (κ1) is 21.2. The summed E-state index contributed by atoms with van der Waals surface area (Å²) in [6, 6.07) is 13.9. The van der Waals surface area contributed by atoms with Crippen molar-refractivity contribution in [2.24, 2.45) is 5.92 Å². The molecule has 0 aliphatic rings. The number of hydrogen-bond donors (Lipinski definition) is 0. The van der Waals surface area contributed by atoms with Crippen LogP contribution in [0.1, 0.15) is 35.3 Å². The Morgan fingerprint density at radius 1 is 0.857 bits per heavy atom. The summed E-state index contributed by atoms with van der Waals surface area (Å²) in [5.74, 6) is -2.33. The van der Waals surface area contributed by atoms with Crippen molar-refractivity contribution < 1.29 is 28.6 Å². The Kier molecular flexibility index (Phi) is 7.75. The van der Waals surface area contributed by atoms with Gasteiger partial charge in [-0.15, -0.1) is 0 Å². The van der Waals surface area contributed by atoms with Gasteiger partial charge in [0.2, 0.25) is 0 Å². The summed E-state index contributed by atoms with van der Waals surface area (Å²) in [4.78, 5) is 37.4. The second-order valence-corrected chi connectivity index (χ2v) is 5.95. The van der Waals surface area contributed by atoms with E-state index >= 15 is 0 Å². The lowest BCUT2D eigenvalue weighted by Crippen LogP contribution is -2.30. The van der Waals surface area contributed by atoms with Gasteiger partial charge in [-0.25, -0.2) is 0 Å². The minimum atomic E-state index is -1.13. The van der Waals surface area contributed by atoms with Gasteiger partial charge >= 0.3 is 11.9 Å². The minimum absolute atomic E-state index is 0.0107. The molecule has 148 valence electrons. The molecule has 0 saturated heterocycles. The van der Waals surface area contributed by atoms with Crippen LogP contribution in [0.2, 0.25) is 0 Å². The molecule has 0 N–H and O–H groups in total. The first-order valence-electron chi connectivity index (χ1n) is 9.12. The fourth-order valence-electron chi connectivity index (χ4n) is 2.88. The summed E-state index contributed by atoms with van der Waals surface area (Å²) in [5.41, 5.74) is 1.43. The van der Waals surface area contributed by atoms with E-state index in [0.717, 1.165) is 0 Å². The summed E-state index contributed by atoms with van der Waals surface area (Å²) in [7, 11) is 1.45. The molecule has 0 fully saturated rings. The van der Waals surface area contributed by atoms with Crippen molar-refractivity contribution in [1.82, 2.24) is 0 Å². The fraction of sp³-hybridized carbons (Fsp3) is 0.318. The van der Waals surface area contributed by atoms with Crippen LogP contribution in [0.15, 0.2) is 48.5 Å². The van der Waals surface area contributed by atoms with E-state index in [1.807, 2.05) is 6.07 Å². The van der Waals surface area contributed by atoms with Gasteiger partial charge in [0.25, 0.3) is 0 Å². The molecule has 0 aliphatic carbocycles. The van der Waals surface area contributed by atoms with Gasteiger partial charge in [0, 0.05) is 5.56 Å². The number of hydrogen-bond acceptors (Lipinski definition) is 6. The summed E-state index contributed by atoms with van der Waals surface area (Å²) in [5, 5.41) is 0. The molecule has 2 aromatic carbocycles. The number of rotatable bonds is 9. The van der Waals surface area contributed by atoms with E-state index in [1.165, 1.54) is 7.11 Å².